The largest absolute Gasteiger partial charge is 0.435 e. The molecule has 0 radical (unpaired) electrons. The number of benzene rings is 1. The van der Waals surface area contributed by atoms with Gasteiger partial charge in [0.2, 0.25) is 0 Å². The summed E-state index contributed by atoms with van der Waals surface area (Å²) < 4.78 is 28.8. The molecule has 5 heteroatoms. The number of alkyl halides is 2. The molecule has 1 N–H and O–H groups in total. The van der Waals surface area contributed by atoms with Crippen molar-refractivity contribution in [2.75, 3.05) is 24.5 Å². The molecule has 3 nitrogen and oxygen atoms in total. The van der Waals surface area contributed by atoms with Crippen molar-refractivity contribution in [1.82, 2.24) is 5.32 Å². The van der Waals surface area contributed by atoms with Gasteiger partial charge in [-0.2, -0.15) is 8.78 Å². The first-order valence-electron chi connectivity index (χ1n) is 7.62. The Bertz CT molecular complexity index is 476. The zero-order valence-electron chi connectivity index (χ0n) is 12.3. The van der Waals surface area contributed by atoms with Gasteiger partial charge in [0.15, 0.2) is 0 Å². The molecule has 1 atom stereocenters. The van der Waals surface area contributed by atoms with E-state index in [9.17, 15) is 8.78 Å². The first kappa shape index (κ1) is 14.6. The minimum atomic E-state index is -2.77. The third kappa shape index (κ3) is 3.46. The highest BCUT2D eigenvalue weighted by Crippen LogP contribution is 2.41. The summed E-state index contributed by atoms with van der Waals surface area (Å²) in [6.07, 6.45) is 3.70. The predicted molar refractivity (Wildman–Crippen MR) is 79.0 cm³/mol. The Morgan fingerprint density at radius 3 is 2.62 bits per heavy atom. The molecule has 2 aliphatic rings. The van der Waals surface area contributed by atoms with Gasteiger partial charge >= 0.3 is 6.61 Å². The molecule has 1 unspecified atom stereocenters. The highest BCUT2D eigenvalue weighted by molar-refractivity contribution is 5.49. The van der Waals surface area contributed by atoms with E-state index in [4.69, 9.17) is 0 Å². The van der Waals surface area contributed by atoms with Crippen molar-refractivity contribution >= 4 is 5.69 Å². The number of hydrogen-bond acceptors (Lipinski definition) is 3. The lowest BCUT2D eigenvalue weighted by atomic mass is 9.95. The Labute approximate surface area is 124 Å². The lowest BCUT2D eigenvalue weighted by molar-refractivity contribution is -0.0498. The third-order valence-corrected chi connectivity index (χ3v) is 4.56. The number of nitrogens with one attached hydrogen (secondary N) is 1. The predicted octanol–water partition coefficient (Wildman–Crippen LogP) is 3.26. The average molecular weight is 296 g/mol. The van der Waals surface area contributed by atoms with Crippen LogP contribution >= 0.6 is 0 Å². The maximum atomic E-state index is 12.2. The van der Waals surface area contributed by atoms with Crippen molar-refractivity contribution in [1.29, 1.82) is 0 Å². The molecule has 2 fully saturated rings. The third-order valence-electron chi connectivity index (χ3n) is 4.56. The van der Waals surface area contributed by atoms with Gasteiger partial charge in [-0.25, -0.2) is 0 Å². The lowest BCUT2D eigenvalue weighted by Crippen LogP contribution is -2.51. The molecule has 3 rings (SSSR count). The van der Waals surface area contributed by atoms with Crippen LogP contribution in [0.1, 0.15) is 26.2 Å². The summed E-state index contributed by atoms with van der Waals surface area (Å²) >= 11 is 0. The summed E-state index contributed by atoms with van der Waals surface area (Å²) in [5, 5.41) is 3.69. The van der Waals surface area contributed by atoms with Crippen LogP contribution in [0.2, 0.25) is 0 Å². The Hall–Kier alpha value is -1.36. The second-order valence-corrected chi connectivity index (χ2v) is 6.27. The fraction of sp³-hybridized carbons (Fsp3) is 0.625. The molecule has 116 valence electrons. The number of hydrogen-bond donors (Lipinski definition) is 1. The highest BCUT2D eigenvalue weighted by atomic mass is 19.3. The molecule has 1 aliphatic carbocycles. The van der Waals surface area contributed by atoms with E-state index in [0.717, 1.165) is 37.7 Å². The second kappa shape index (κ2) is 5.79. The summed E-state index contributed by atoms with van der Waals surface area (Å²) in [5.41, 5.74) is 1.24. The molecule has 1 saturated carbocycles. The molecule has 1 aromatic carbocycles. The molecule has 1 heterocycles. The Kier molecular flexibility index (Phi) is 4.02. The number of rotatable bonds is 4. The van der Waals surface area contributed by atoms with Crippen LogP contribution < -0.4 is 15.0 Å². The average Bonchev–Trinajstić information content (AvgIpc) is 3.26. The van der Waals surface area contributed by atoms with Crippen LogP contribution in [0.4, 0.5) is 14.5 Å². The highest BCUT2D eigenvalue weighted by Gasteiger charge is 2.43. The fourth-order valence-corrected chi connectivity index (χ4v) is 3.23. The van der Waals surface area contributed by atoms with E-state index in [1.165, 1.54) is 12.8 Å². The van der Waals surface area contributed by atoms with E-state index in [2.05, 4.69) is 21.9 Å². The first-order chi connectivity index (χ1) is 10.1. The van der Waals surface area contributed by atoms with Crippen molar-refractivity contribution in [3.05, 3.63) is 24.3 Å². The summed E-state index contributed by atoms with van der Waals surface area (Å²) in [6, 6.07) is 6.98. The van der Waals surface area contributed by atoms with Crippen molar-refractivity contribution in [3.8, 4) is 5.75 Å². The normalized spacial score (nSPS) is 26.8. The van der Waals surface area contributed by atoms with Gasteiger partial charge in [0.1, 0.15) is 5.75 Å². The lowest BCUT2D eigenvalue weighted by Gasteiger charge is -2.35. The van der Waals surface area contributed by atoms with Crippen LogP contribution in [-0.2, 0) is 0 Å². The minimum Gasteiger partial charge on any atom is -0.435 e. The maximum Gasteiger partial charge on any atom is 0.387 e. The molecule has 0 bridgehead atoms. The Morgan fingerprint density at radius 2 is 2.00 bits per heavy atom. The van der Waals surface area contributed by atoms with E-state index in [-0.39, 0.29) is 11.3 Å². The van der Waals surface area contributed by atoms with Crippen LogP contribution in [0.15, 0.2) is 24.3 Å². The monoisotopic (exact) mass is 296 g/mol. The number of nitrogens with zero attached hydrogens (tertiary/aromatic N) is 1. The van der Waals surface area contributed by atoms with E-state index in [0.29, 0.717) is 0 Å². The van der Waals surface area contributed by atoms with Crippen LogP contribution in [0.3, 0.4) is 0 Å². The number of halogens is 2. The first-order valence-corrected chi connectivity index (χ1v) is 7.62. The zero-order chi connectivity index (χ0) is 14.9. The van der Waals surface area contributed by atoms with Gasteiger partial charge in [-0.1, -0.05) is 0 Å². The van der Waals surface area contributed by atoms with E-state index in [1.807, 2.05) is 12.1 Å². The van der Waals surface area contributed by atoms with Crippen molar-refractivity contribution in [3.63, 3.8) is 0 Å². The van der Waals surface area contributed by atoms with Gasteiger partial charge in [0.25, 0.3) is 0 Å². The summed E-state index contributed by atoms with van der Waals surface area (Å²) in [4.78, 5) is 2.35. The van der Waals surface area contributed by atoms with Gasteiger partial charge in [0, 0.05) is 24.3 Å². The van der Waals surface area contributed by atoms with Gasteiger partial charge in [-0.05, 0) is 62.9 Å². The maximum absolute atomic E-state index is 12.2. The molecule has 21 heavy (non-hydrogen) atoms. The van der Waals surface area contributed by atoms with Crippen LogP contribution in [0.5, 0.6) is 5.75 Å². The quantitative estimate of drug-likeness (QED) is 0.923. The van der Waals surface area contributed by atoms with Gasteiger partial charge in [-0.3, -0.25) is 0 Å². The number of ether oxygens (including phenoxy) is 1. The Morgan fingerprint density at radius 1 is 1.29 bits per heavy atom. The fourth-order valence-electron chi connectivity index (χ4n) is 3.23. The minimum absolute atomic E-state index is 0.161. The SMILES string of the molecule is CC1(C2CC2)CN(c2ccc(OC(F)F)cc2)CCCN1. The van der Waals surface area contributed by atoms with E-state index < -0.39 is 6.61 Å². The zero-order valence-corrected chi connectivity index (χ0v) is 12.3. The standard InChI is InChI=1S/C16H22F2N2O/c1-16(12-3-4-12)11-20(10-2-9-19-16)13-5-7-14(8-6-13)21-15(17)18/h5-8,12,15,19H,2-4,9-11H2,1H3. The molecule has 0 spiro atoms. The Balaban J connectivity index is 1.72. The summed E-state index contributed by atoms with van der Waals surface area (Å²) in [6.45, 7) is 2.53. The molecule has 0 aromatic heterocycles. The van der Waals surface area contributed by atoms with Crippen molar-refractivity contribution < 1.29 is 13.5 Å². The topological polar surface area (TPSA) is 24.5 Å². The molecule has 1 aliphatic heterocycles. The van der Waals surface area contributed by atoms with Crippen LogP contribution in [0.25, 0.3) is 0 Å². The molecular formula is C16H22F2N2O. The van der Waals surface area contributed by atoms with Gasteiger partial charge in [0.05, 0.1) is 0 Å². The van der Waals surface area contributed by atoms with Crippen molar-refractivity contribution in [2.45, 2.75) is 38.3 Å². The molecule has 1 aromatic rings. The summed E-state index contributed by atoms with van der Waals surface area (Å²) in [7, 11) is 0. The van der Waals surface area contributed by atoms with Gasteiger partial charge < -0.3 is 15.0 Å². The molecule has 1 saturated heterocycles. The smallest absolute Gasteiger partial charge is 0.387 e. The van der Waals surface area contributed by atoms with E-state index >= 15 is 0 Å². The van der Waals surface area contributed by atoms with Crippen molar-refractivity contribution in [2.24, 2.45) is 5.92 Å². The van der Waals surface area contributed by atoms with Crippen LogP contribution in [0, 0.1) is 5.92 Å². The second-order valence-electron chi connectivity index (χ2n) is 6.27. The number of anilines is 1. The van der Waals surface area contributed by atoms with E-state index in [1.54, 1.807) is 12.1 Å². The molecular weight excluding hydrogens is 274 g/mol. The van der Waals surface area contributed by atoms with Gasteiger partial charge in [-0.15, -0.1) is 0 Å². The summed E-state index contributed by atoms with van der Waals surface area (Å²) in [5.74, 6) is 0.978. The van der Waals surface area contributed by atoms with Crippen LogP contribution in [-0.4, -0.2) is 31.8 Å². The molecule has 0 amide bonds.